The van der Waals surface area contributed by atoms with Crippen LogP contribution in [0.2, 0.25) is 10.0 Å². The standard InChI is InChI=1S/C11H8Cl2N4O2/c1-14-11-15-5-9(17(18)19)10(16-11)6-2-3-7(12)8(13)4-6/h2-5H,1H3,(H,14,15,16). The second kappa shape index (κ2) is 5.38. The van der Waals surface area contributed by atoms with Gasteiger partial charge in [0.25, 0.3) is 0 Å². The van der Waals surface area contributed by atoms with Gasteiger partial charge in [0.2, 0.25) is 5.95 Å². The third-order valence-corrected chi connectivity index (χ3v) is 3.12. The highest BCUT2D eigenvalue weighted by Crippen LogP contribution is 2.32. The molecule has 0 atom stereocenters. The van der Waals surface area contributed by atoms with E-state index in [1.54, 1.807) is 19.2 Å². The molecule has 6 nitrogen and oxygen atoms in total. The van der Waals surface area contributed by atoms with E-state index in [0.717, 1.165) is 6.20 Å². The lowest BCUT2D eigenvalue weighted by Crippen LogP contribution is -2.01. The molecule has 1 N–H and O–H groups in total. The second-order valence-corrected chi connectivity index (χ2v) is 4.38. The summed E-state index contributed by atoms with van der Waals surface area (Å²) in [7, 11) is 1.62. The Hall–Kier alpha value is -1.92. The maximum atomic E-state index is 11.0. The molecule has 1 aromatic carbocycles. The quantitative estimate of drug-likeness (QED) is 0.694. The summed E-state index contributed by atoms with van der Waals surface area (Å²) in [6.07, 6.45) is 1.15. The van der Waals surface area contributed by atoms with Crippen molar-refractivity contribution in [2.24, 2.45) is 0 Å². The molecule has 2 rings (SSSR count). The van der Waals surface area contributed by atoms with Crippen LogP contribution in [0.1, 0.15) is 0 Å². The topological polar surface area (TPSA) is 81.0 Å². The van der Waals surface area contributed by atoms with Gasteiger partial charge in [-0.3, -0.25) is 10.1 Å². The fourth-order valence-electron chi connectivity index (χ4n) is 1.49. The fraction of sp³-hybridized carbons (Fsp3) is 0.0909. The van der Waals surface area contributed by atoms with Gasteiger partial charge in [-0.1, -0.05) is 29.3 Å². The van der Waals surface area contributed by atoms with Crippen LogP contribution in [0.4, 0.5) is 11.6 Å². The molecule has 0 fully saturated rings. The van der Waals surface area contributed by atoms with Crippen LogP contribution in [-0.4, -0.2) is 21.9 Å². The maximum Gasteiger partial charge on any atom is 0.313 e. The Morgan fingerprint density at radius 1 is 1.32 bits per heavy atom. The molecule has 0 aliphatic rings. The zero-order chi connectivity index (χ0) is 14.0. The van der Waals surface area contributed by atoms with E-state index < -0.39 is 4.92 Å². The van der Waals surface area contributed by atoms with Gasteiger partial charge in [0.05, 0.1) is 15.0 Å². The first kappa shape index (κ1) is 13.5. The molecule has 0 unspecified atom stereocenters. The summed E-state index contributed by atoms with van der Waals surface area (Å²) in [4.78, 5) is 18.4. The second-order valence-electron chi connectivity index (χ2n) is 3.56. The van der Waals surface area contributed by atoms with Gasteiger partial charge in [0, 0.05) is 12.6 Å². The van der Waals surface area contributed by atoms with Gasteiger partial charge in [-0.15, -0.1) is 0 Å². The average Bonchev–Trinajstić information content (AvgIpc) is 2.41. The third-order valence-electron chi connectivity index (χ3n) is 2.38. The van der Waals surface area contributed by atoms with E-state index in [-0.39, 0.29) is 17.3 Å². The summed E-state index contributed by atoms with van der Waals surface area (Å²) >= 11 is 11.7. The van der Waals surface area contributed by atoms with E-state index in [2.05, 4.69) is 15.3 Å². The molecule has 0 saturated carbocycles. The number of benzene rings is 1. The fourth-order valence-corrected chi connectivity index (χ4v) is 1.78. The molecular weight excluding hydrogens is 291 g/mol. The van der Waals surface area contributed by atoms with E-state index in [1.807, 2.05) is 0 Å². The first-order chi connectivity index (χ1) is 9.02. The van der Waals surface area contributed by atoms with Crippen LogP contribution < -0.4 is 5.32 Å². The van der Waals surface area contributed by atoms with Gasteiger partial charge in [-0.25, -0.2) is 9.97 Å². The van der Waals surface area contributed by atoms with Crippen LogP contribution in [0.25, 0.3) is 11.3 Å². The van der Waals surface area contributed by atoms with Crippen LogP contribution in [0.15, 0.2) is 24.4 Å². The van der Waals surface area contributed by atoms with Crippen molar-refractivity contribution in [1.82, 2.24) is 9.97 Å². The zero-order valence-corrected chi connectivity index (χ0v) is 11.2. The lowest BCUT2D eigenvalue weighted by molar-refractivity contribution is -0.384. The van der Waals surface area contributed by atoms with Crippen molar-refractivity contribution in [1.29, 1.82) is 0 Å². The number of rotatable bonds is 3. The van der Waals surface area contributed by atoms with E-state index in [4.69, 9.17) is 23.2 Å². The van der Waals surface area contributed by atoms with Gasteiger partial charge in [-0.05, 0) is 12.1 Å². The van der Waals surface area contributed by atoms with Crippen molar-refractivity contribution in [3.63, 3.8) is 0 Å². The number of nitrogens with zero attached hydrogens (tertiary/aromatic N) is 3. The molecule has 98 valence electrons. The zero-order valence-electron chi connectivity index (χ0n) is 9.72. The van der Waals surface area contributed by atoms with Crippen molar-refractivity contribution < 1.29 is 4.92 Å². The minimum atomic E-state index is -0.544. The summed E-state index contributed by atoms with van der Waals surface area (Å²) in [6, 6.07) is 4.70. The maximum absolute atomic E-state index is 11.0. The monoisotopic (exact) mass is 298 g/mol. The van der Waals surface area contributed by atoms with Crippen molar-refractivity contribution in [3.8, 4) is 11.3 Å². The Bertz CT molecular complexity index is 649. The largest absolute Gasteiger partial charge is 0.357 e. The van der Waals surface area contributed by atoms with Gasteiger partial charge >= 0.3 is 5.69 Å². The minimum Gasteiger partial charge on any atom is -0.357 e. The molecule has 19 heavy (non-hydrogen) atoms. The lowest BCUT2D eigenvalue weighted by Gasteiger charge is -2.05. The summed E-state index contributed by atoms with van der Waals surface area (Å²) in [6.45, 7) is 0. The van der Waals surface area contributed by atoms with Crippen LogP contribution in [-0.2, 0) is 0 Å². The molecule has 0 spiro atoms. The molecule has 8 heteroatoms. The van der Waals surface area contributed by atoms with Crippen LogP contribution in [0.3, 0.4) is 0 Å². The molecule has 0 aliphatic heterocycles. The number of aromatic nitrogens is 2. The van der Waals surface area contributed by atoms with Gasteiger partial charge < -0.3 is 5.32 Å². The highest BCUT2D eigenvalue weighted by atomic mass is 35.5. The predicted octanol–water partition coefficient (Wildman–Crippen LogP) is 3.40. The van der Waals surface area contributed by atoms with E-state index >= 15 is 0 Å². The Morgan fingerprint density at radius 2 is 2.05 bits per heavy atom. The summed E-state index contributed by atoms with van der Waals surface area (Å²) in [5.41, 5.74) is 0.486. The Kier molecular flexibility index (Phi) is 3.82. The smallest absolute Gasteiger partial charge is 0.313 e. The third kappa shape index (κ3) is 2.74. The summed E-state index contributed by atoms with van der Waals surface area (Å²) in [5.74, 6) is 0.284. The molecule has 0 radical (unpaired) electrons. The van der Waals surface area contributed by atoms with E-state index in [0.29, 0.717) is 15.6 Å². The number of nitrogens with one attached hydrogen (secondary N) is 1. The molecular formula is C11H8Cl2N4O2. The van der Waals surface area contributed by atoms with Crippen molar-refractivity contribution >= 4 is 34.8 Å². The number of hydrogen-bond donors (Lipinski definition) is 1. The van der Waals surface area contributed by atoms with Gasteiger partial charge in [0.1, 0.15) is 6.20 Å². The molecule has 2 aromatic rings. The SMILES string of the molecule is CNc1ncc([N+](=O)[O-])c(-c2ccc(Cl)c(Cl)c2)n1. The molecule has 0 saturated heterocycles. The Balaban J connectivity index is 2.64. The minimum absolute atomic E-state index is 0.183. The molecule has 0 amide bonds. The molecule has 1 heterocycles. The predicted molar refractivity (Wildman–Crippen MR) is 73.7 cm³/mol. The Labute approximate surface area is 118 Å². The van der Waals surface area contributed by atoms with Gasteiger partial charge in [0.15, 0.2) is 5.69 Å². The first-order valence-corrected chi connectivity index (χ1v) is 5.93. The van der Waals surface area contributed by atoms with Crippen LogP contribution in [0, 0.1) is 10.1 Å². The molecule has 1 aromatic heterocycles. The first-order valence-electron chi connectivity index (χ1n) is 5.17. The highest BCUT2D eigenvalue weighted by Gasteiger charge is 2.19. The summed E-state index contributed by atoms with van der Waals surface area (Å²) in [5, 5.41) is 14.4. The normalized spacial score (nSPS) is 10.3. The number of hydrogen-bond acceptors (Lipinski definition) is 5. The lowest BCUT2D eigenvalue weighted by atomic mass is 10.1. The Morgan fingerprint density at radius 3 is 2.63 bits per heavy atom. The van der Waals surface area contributed by atoms with Crippen molar-refractivity contribution in [2.45, 2.75) is 0 Å². The average molecular weight is 299 g/mol. The number of anilines is 1. The summed E-state index contributed by atoms with van der Waals surface area (Å²) < 4.78 is 0. The van der Waals surface area contributed by atoms with E-state index in [9.17, 15) is 10.1 Å². The number of nitro groups is 1. The number of halogens is 2. The van der Waals surface area contributed by atoms with Crippen LogP contribution in [0.5, 0.6) is 0 Å². The van der Waals surface area contributed by atoms with Gasteiger partial charge in [-0.2, -0.15) is 0 Å². The molecule has 0 aliphatic carbocycles. The van der Waals surface area contributed by atoms with Crippen LogP contribution >= 0.6 is 23.2 Å². The van der Waals surface area contributed by atoms with Crippen molar-refractivity contribution in [2.75, 3.05) is 12.4 Å². The highest BCUT2D eigenvalue weighted by molar-refractivity contribution is 6.42. The molecule has 0 bridgehead atoms. The van der Waals surface area contributed by atoms with Crippen molar-refractivity contribution in [3.05, 3.63) is 44.6 Å². The van der Waals surface area contributed by atoms with E-state index in [1.165, 1.54) is 6.07 Å².